The predicted octanol–water partition coefficient (Wildman–Crippen LogP) is 1.59. The minimum Gasteiger partial charge on any atom is -0.309 e. The lowest BCUT2D eigenvalue weighted by molar-refractivity contribution is 0.414. The van der Waals surface area contributed by atoms with Gasteiger partial charge in [-0.2, -0.15) is 21.2 Å². The maximum atomic E-state index is 12.8. The second kappa shape index (κ2) is 7.62. The number of sulfonamides is 1. The molecule has 0 bridgehead atoms. The van der Waals surface area contributed by atoms with Gasteiger partial charge in [0.2, 0.25) is 10.0 Å². The van der Waals surface area contributed by atoms with Gasteiger partial charge >= 0.3 is 0 Å². The molecule has 1 atom stereocenters. The number of nitrogens with zero attached hydrogens (tertiary/aromatic N) is 2. The summed E-state index contributed by atoms with van der Waals surface area (Å²) in [5.41, 5.74) is 1.13. The first-order chi connectivity index (χ1) is 9.71. The zero-order valence-corrected chi connectivity index (χ0v) is 15.2. The number of rotatable bonds is 8. The molecular weight excluding hydrogens is 308 g/mol. The van der Waals surface area contributed by atoms with Crippen molar-refractivity contribution >= 4 is 21.8 Å². The summed E-state index contributed by atoms with van der Waals surface area (Å²) in [4.78, 5) is 0.297. The van der Waals surface area contributed by atoms with E-state index in [1.165, 1.54) is 4.31 Å². The quantitative estimate of drug-likeness (QED) is 0.755. The molecule has 8 heteroatoms. The van der Waals surface area contributed by atoms with Gasteiger partial charge in [0.15, 0.2) is 0 Å². The zero-order chi connectivity index (χ0) is 16.2. The van der Waals surface area contributed by atoms with Crippen LogP contribution in [-0.4, -0.2) is 54.1 Å². The van der Waals surface area contributed by atoms with Gasteiger partial charge in [-0.15, -0.1) is 0 Å². The van der Waals surface area contributed by atoms with E-state index in [0.717, 1.165) is 5.75 Å². The smallest absolute Gasteiger partial charge is 0.246 e. The number of hydrogen-bond donors (Lipinski definition) is 2. The Labute approximate surface area is 132 Å². The summed E-state index contributed by atoms with van der Waals surface area (Å²) in [6, 6.07) is 0.205. The van der Waals surface area contributed by atoms with Crippen LogP contribution in [0.15, 0.2) is 4.90 Å². The lowest BCUT2D eigenvalue weighted by Gasteiger charge is -2.24. The molecule has 0 aromatic carbocycles. The van der Waals surface area contributed by atoms with E-state index in [0.29, 0.717) is 22.8 Å². The normalized spacial score (nSPS) is 14.1. The van der Waals surface area contributed by atoms with Gasteiger partial charge in [0, 0.05) is 31.4 Å². The number of hydrogen-bond acceptors (Lipinski definition) is 5. The van der Waals surface area contributed by atoms with Crippen LogP contribution in [0.4, 0.5) is 0 Å². The van der Waals surface area contributed by atoms with Crippen LogP contribution in [0.3, 0.4) is 0 Å². The molecular formula is C13H26N4O2S2. The Morgan fingerprint density at radius 2 is 2.00 bits per heavy atom. The maximum Gasteiger partial charge on any atom is 0.246 e. The first-order valence-corrected chi connectivity index (χ1v) is 9.79. The van der Waals surface area contributed by atoms with Crippen LogP contribution >= 0.6 is 11.8 Å². The first kappa shape index (κ1) is 18.5. The lowest BCUT2D eigenvalue weighted by atomic mass is 10.3. The van der Waals surface area contributed by atoms with Crippen molar-refractivity contribution in [2.24, 2.45) is 0 Å². The molecule has 0 aliphatic carbocycles. The summed E-state index contributed by atoms with van der Waals surface area (Å²) in [5.74, 6) is 0.756. The average Bonchev–Trinajstić information content (AvgIpc) is 2.77. The summed E-state index contributed by atoms with van der Waals surface area (Å²) in [7, 11) is -1.91. The van der Waals surface area contributed by atoms with E-state index in [9.17, 15) is 8.42 Å². The fraction of sp³-hybridized carbons (Fsp3) is 0.769. The Hall–Kier alpha value is -0.570. The van der Waals surface area contributed by atoms with E-state index in [2.05, 4.69) is 15.5 Å². The van der Waals surface area contributed by atoms with Crippen LogP contribution in [0, 0.1) is 6.92 Å². The van der Waals surface area contributed by atoms with Crippen molar-refractivity contribution in [2.45, 2.75) is 51.2 Å². The molecule has 0 amide bonds. The van der Waals surface area contributed by atoms with Crippen LogP contribution in [0.5, 0.6) is 0 Å². The highest BCUT2D eigenvalue weighted by atomic mass is 32.2. The second-order valence-corrected chi connectivity index (χ2v) is 8.33. The molecule has 0 aliphatic heterocycles. The first-order valence-electron chi connectivity index (χ1n) is 6.96. The molecule has 1 heterocycles. The third-order valence-corrected chi connectivity index (χ3v) is 6.30. The van der Waals surface area contributed by atoms with Gasteiger partial charge in [0.25, 0.3) is 0 Å². The Morgan fingerprint density at radius 1 is 1.38 bits per heavy atom. The highest BCUT2D eigenvalue weighted by Crippen LogP contribution is 2.23. The number of aryl methyl sites for hydroxylation is 1. The molecule has 0 fully saturated rings. The van der Waals surface area contributed by atoms with Crippen LogP contribution in [0.1, 0.15) is 32.2 Å². The van der Waals surface area contributed by atoms with Gasteiger partial charge in [-0.05, 0) is 20.1 Å². The van der Waals surface area contributed by atoms with Gasteiger partial charge in [-0.25, -0.2) is 8.42 Å². The van der Waals surface area contributed by atoms with Crippen molar-refractivity contribution in [3.63, 3.8) is 0 Å². The maximum absolute atomic E-state index is 12.8. The van der Waals surface area contributed by atoms with E-state index < -0.39 is 10.0 Å². The van der Waals surface area contributed by atoms with Crippen LogP contribution in [-0.2, 0) is 16.6 Å². The van der Waals surface area contributed by atoms with Gasteiger partial charge in [0.05, 0.1) is 11.4 Å². The summed E-state index contributed by atoms with van der Waals surface area (Å²) < 4.78 is 27.1. The van der Waals surface area contributed by atoms with Gasteiger partial charge in [-0.3, -0.25) is 5.10 Å². The molecule has 0 saturated carbocycles. The molecule has 0 spiro atoms. The van der Waals surface area contributed by atoms with Crippen LogP contribution < -0.4 is 5.32 Å². The third-order valence-electron chi connectivity index (χ3n) is 3.30. The molecule has 1 unspecified atom stereocenters. The monoisotopic (exact) mass is 334 g/mol. The largest absolute Gasteiger partial charge is 0.309 e. The van der Waals surface area contributed by atoms with Crippen LogP contribution in [0.25, 0.3) is 0 Å². The Kier molecular flexibility index (Phi) is 6.71. The molecule has 6 nitrogen and oxygen atoms in total. The van der Waals surface area contributed by atoms with Crippen molar-refractivity contribution in [3.05, 3.63) is 11.4 Å². The molecule has 0 saturated heterocycles. The summed E-state index contributed by atoms with van der Waals surface area (Å²) in [5, 5.41) is 10.1. The molecule has 21 heavy (non-hydrogen) atoms. The van der Waals surface area contributed by atoms with E-state index >= 15 is 0 Å². The predicted molar refractivity (Wildman–Crippen MR) is 88.1 cm³/mol. The van der Waals surface area contributed by atoms with E-state index in [4.69, 9.17) is 0 Å². The third kappa shape index (κ3) is 4.45. The molecule has 2 N–H and O–H groups in total. The number of aromatic amines is 1. The van der Waals surface area contributed by atoms with Gasteiger partial charge < -0.3 is 5.32 Å². The van der Waals surface area contributed by atoms with Crippen LogP contribution in [0.2, 0.25) is 0 Å². The summed E-state index contributed by atoms with van der Waals surface area (Å²) in [6.45, 7) is 8.11. The topological polar surface area (TPSA) is 78.1 Å². The molecule has 0 aliphatic rings. The highest BCUT2D eigenvalue weighted by Gasteiger charge is 2.31. The number of aromatic nitrogens is 2. The molecule has 1 aromatic rings. The van der Waals surface area contributed by atoms with Crippen molar-refractivity contribution in [3.8, 4) is 0 Å². The lowest BCUT2D eigenvalue weighted by Crippen LogP contribution is -2.37. The fourth-order valence-electron chi connectivity index (χ4n) is 1.96. The fourth-order valence-corrected chi connectivity index (χ4v) is 4.44. The van der Waals surface area contributed by atoms with Gasteiger partial charge in [-0.1, -0.05) is 13.8 Å². The van der Waals surface area contributed by atoms with Crippen molar-refractivity contribution in [2.75, 3.05) is 19.1 Å². The zero-order valence-electron chi connectivity index (χ0n) is 13.6. The second-order valence-electron chi connectivity index (χ2n) is 5.49. The molecule has 1 rings (SSSR count). The van der Waals surface area contributed by atoms with Crippen molar-refractivity contribution < 1.29 is 8.42 Å². The van der Waals surface area contributed by atoms with Gasteiger partial charge in [0.1, 0.15) is 4.90 Å². The van der Waals surface area contributed by atoms with Crippen molar-refractivity contribution in [1.29, 1.82) is 0 Å². The molecule has 0 radical (unpaired) electrons. The number of thioether (sulfide) groups is 1. The number of H-pyrrole nitrogens is 1. The van der Waals surface area contributed by atoms with Crippen molar-refractivity contribution in [1.82, 2.24) is 19.8 Å². The minimum absolute atomic E-state index is 0.0646. The SMILES string of the molecule is CSCC(C)N(C)S(=O)(=O)c1c(CNC(C)C)n[nH]c1C. The van der Waals surface area contributed by atoms with E-state index in [1.807, 2.05) is 27.0 Å². The standard InChI is InChI=1S/C13H26N4O2S2/c1-9(2)14-7-12-13(11(4)15-16-12)21(18,19)17(5)10(3)8-20-6/h9-10,14H,7-8H2,1-6H3,(H,15,16). The summed E-state index contributed by atoms with van der Waals surface area (Å²) >= 11 is 1.63. The Morgan fingerprint density at radius 3 is 2.52 bits per heavy atom. The highest BCUT2D eigenvalue weighted by molar-refractivity contribution is 7.98. The summed E-state index contributed by atoms with van der Waals surface area (Å²) in [6.07, 6.45) is 1.97. The minimum atomic E-state index is -3.54. The van der Waals surface area contributed by atoms with E-state index in [1.54, 1.807) is 25.7 Å². The Balaban J connectivity index is 3.10. The number of nitrogens with one attached hydrogen (secondary N) is 2. The molecule has 122 valence electrons. The van der Waals surface area contributed by atoms with E-state index in [-0.39, 0.29) is 12.1 Å². The molecule has 1 aromatic heterocycles. The Bertz CT molecular complexity index is 555. The average molecular weight is 335 g/mol.